The van der Waals surface area contributed by atoms with Crippen molar-refractivity contribution >= 4 is 33.5 Å². The molecule has 0 saturated carbocycles. The number of hydrogen-bond donors (Lipinski definition) is 0. The third kappa shape index (κ3) is 2.79. The lowest BCUT2D eigenvalue weighted by Crippen LogP contribution is -2.08. The lowest BCUT2D eigenvalue weighted by Gasteiger charge is -2.16. The van der Waals surface area contributed by atoms with Crippen molar-refractivity contribution < 1.29 is 9.13 Å². The molecule has 4 heteroatoms. The van der Waals surface area contributed by atoms with Crippen LogP contribution in [0.15, 0.2) is 48.7 Å². The summed E-state index contributed by atoms with van der Waals surface area (Å²) in [6, 6.07) is 12.6. The Hall–Kier alpha value is -1.69. The number of hydrogen-bond acceptors (Lipinski definition) is 2. The van der Waals surface area contributed by atoms with Crippen molar-refractivity contribution in [2.45, 2.75) is 20.0 Å². The van der Waals surface area contributed by atoms with Crippen LogP contribution in [0.2, 0.25) is 0 Å². The van der Waals surface area contributed by atoms with Crippen LogP contribution in [0.4, 0.5) is 4.39 Å². The Morgan fingerprint density at radius 3 is 2.59 bits per heavy atom. The highest BCUT2D eigenvalue weighted by Crippen LogP contribution is 2.38. The van der Waals surface area contributed by atoms with E-state index in [2.05, 4.69) is 27.6 Å². The first kappa shape index (κ1) is 15.2. The fourth-order valence-corrected chi connectivity index (χ4v) is 3.13. The highest BCUT2D eigenvalue weighted by molar-refractivity contribution is 14.1. The maximum Gasteiger partial charge on any atom is 0.159 e. The molecule has 1 aromatic heterocycles. The van der Waals surface area contributed by atoms with Gasteiger partial charge in [0.25, 0.3) is 0 Å². The Kier molecular flexibility index (Phi) is 4.29. The summed E-state index contributed by atoms with van der Waals surface area (Å²) >= 11 is 2.22. The lowest BCUT2D eigenvalue weighted by atomic mass is 9.99. The molecule has 0 aliphatic rings. The van der Waals surface area contributed by atoms with E-state index in [1.54, 1.807) is 18.3 Å². The maximum atomic E-state index is 14.2. The van der Waals surface area contributed by atoms with Crippen LogP contribution in [0, 0.1) is 9.39 Å². The first-order valence-electron chi connectivity index (χ1n) is 7.06. The fourth-order valence-electron chi connectivity index (χ4n) is 2.44. The van der Waals surface area contributed by atoms with Crippen LogP contribution in [-0.2, 0) is 0 Å². The molecule has 0 bridgehead atoms. The molecule has 0 aliphatic carbocycles. The number of halogens is 2. The monoisotopic (exact) mass is 407 g/mol. The molecule has 2 aromatic carbocycles. The van der Waals surface area contributed by atoms with Crippen molar-refractivity contribution in [1.82, 2.24) is 4.98 Å². The normalized spacial score (nSPS) is 11.1. The minimum Gasteiger partial charge on any atom is -0.488 e. The van der Waals surface area contributed by atoms with E-state index in [-0.39, 0.29) is 11.9 Å². The molecule has 0 atom stereocenters. The summed E-state index contributed by atoms with van der Waals surface area (Å²) in [5.74, 6) is 0.521. The average Bonchev–Trinajstić information content (AvgIpc) is 2.50. The minimum absolute atomic E-state index is 0.0537. The summed E-state index contributed by atoms with van der Waals surface area (Å²) in [7, 11) is 0. The van der Waals surface area contributed by atoms with Crippen LogP contribution < -0.4 is 4.74 Å². The van der Waals surface area contributed by atoms with Crippen LogP contribution in [0.1, 0.15) is 13.8 Å². The first-order valence-corrected chi connectivity index (χ1v) is 8.14. The zero-order valence-corrected chi connectivity index (χ0v) is 14.5. The van der Waals surface area contributed by atoms with Crippen LogP contribution in [0.5, 0.6) is 5.75 Å². The lowest BCUT2D eigenvalue weighted by molar-refractivity contribution is 0.243. The third-order valence-corrected chi connectivity index (χ3v) is 4.12. The molecule has 0 fully saturated rings. The van der Waals surface area contributed by atoms with Crippen LogP contribution in [-0.4, -0.2) is 11.1 Å². The number of nitrogens with zero attached hydrogens (tertiary/aromatic N) is 1. The van der Waals surface area contributed by atoms with Gasteiger partial charge in [-0.3, -0.25) is 4.98 Å². The molecule has 1 heterocycles. The SMILES string of the molecule is CC(C)Oc1c(I)cc(-c2ccccc2F)c2cccnc12. The van der Waals surface area contributed by atoms with Gasteiger partial charge in [0, 0.05) is 17.1 Å². The molecular weight excluding hydrogens is 392 g/mol. The second kappa shape index (κ2) is 6.20. The first-order chi connectivity index (χ1) is 10.6. The van der Waals surface area contributed by atoms with E-state index in [4.69, 9.17) is 4.74 Å². The van der Waals surface area contributed by atoms with Gasteiger partial charge >= 0.3 is 0 Å². The summed E-state index contributed by atoms with van der Waals surface area (Å²) in [6.45, 7) is 3.96. The molecule has 0 radical (unpaired) electrons. The molecule has 3 aromatic rings. The van der Waals surface area contributed by atoms with Crippen LogP contribution in [0.3, 0.4) is 0 Å². The Bertz CT molecular complexity index is 832. The van der Waals surface area contributed by atoms with Gasteiger partial charge in [0.2, 0.25) is 0 Å². The maximum absolute atomic E-state index is 14.2. The quantitative estimate of drug-likeness (QED) is 0.540. The van der Waals surface area contributed by atoms with Crippen molar-refractivity contribution in [2.24, 2.45) is 0 Å². The zero-order valence-electron chi connectivity index (χ0n) is 12.3. The topological polar surface area (TPSA) is 22.1 Å². The van der Waals surface area contributed by atoms with E-state index in [0.717, 1.165) is 25.8 Å². The molecule has 2 nitrogen and oxygen atoms in total. The van der Waals surface area contributed by atoms with Crippen molar-refractivity contribution in [3.63, 3.8) is 0 Å². The molecule has 112 valence electrons. The highest BCUT2D eigenvalue weighted by Gasteiger charge is 2.16. The Morgan fingerprint density at radius 1 is 1.09 bits per heavy atom. The van der Waals surface area contributed by atoms with Crippen LogP contribution in [0.25, 0.3) is 22.0 Å². The third-order valence-electron chi connectivity index (χ3n) is 3.32. The molecule has 0 N–H and O–H groups in total. The summed E-state index contributed by atoms with van der Waals surface area (Å²) < 4.78 is 21.0. The van der Waals surface area contributed by atoms with Crippen molar-refractivity contribution in [1.29, 1.82) is 0 Å². The van der Waals surface area contributed by atoms with Gasteiger partial charge in [-0.1, -0.05) is 24.3 Å². The number of pyridine rings is 1. The molecule has 0 saturated heterocycles. The number of aromatic nitrogens is 1. The molecule has 0 aliphatic heterocycles. The van der Waals surface area contributed by atoms with Crippen LogP contribution >= 0.6 is 22.6 Å². The summed E-state index contributed by atoms with van der Waals surface area (Å²) in [5.41, 5.74) is 2.18. The van der Waals surface area contributed by atoms with Gasteiger partial charge < -0.3 is 4.74 Å². The van der Waals surface area contributed by atoms with Crippen molar-refractivity contribution in [2.75, 3.05) is 0 Å². The van der Waals surface area contributed by atoms with E-state index < -0.39 is 0 Å². The van der Waals surface area contributed by atoms with E-state index in [1.165, 1.54) is 6.07 Å². The molecular formula is C18H15FINO. The Morgan fingerprint density at radius 2 is 1.86 bits per heavy atom. The summed E-state index contributed by atoms with van der Waals surface area (Å²) in [4.78, 5) is 4.46. The average molecular weight is 407 g/mol. The van der Waals surface area contributed by atoms with Crippen molar-refractivity contribution in [3.05, 3.63) is 58.0 Å². The highest BCUT2D eigenvalue weighted by atomic mass is 127. The minimum atomic E-state index is -0.235. The fraction of sp³-hybridized carbons (Fsp3) is 0.167. The number of fused-ring (bicyclic) bond motifs is 1. The molecule has 3 rings (SSSR count). The largest absolute Gasteiger partial charge is 0.488 e. The molecule has 0 unspecified atom stereocenters. The number of rotatable bonds is 3. The van der Waals surface area contributed by atoms with Gasteiger partial charge in [-0.2, -0.15) is 0 Å². The number of benzene rings is 2. The van der Waals surface area contributed by atoms with E-state index >= 15 is 0 Å². The predicted octanol–water partition coefficient (Wildman–Crippen LogP) is 5.43. The summed E-state index contributed by atoms with van der Waals surface area (Å²) in [5, 5.41) is 0.892. The second-order valence-electron chi connectivity index (χ2n) is 5.28. The Balaban J connectivity index is 2.32. The standard InChI is InChI=1S/C18H15FINO/c1-11(2)22-18-16(20)10-14(12-6-3-4-8-15(12)19)13-7-5-9-21-17(13)18/h3-11H,1-2H3. The van der Waals surface area contributed by atoms with Crippen molar-refractivity contribution in [3.8, 4) is 16.9 Å². The number of ether oxygens (including phenoxy) is 1. The molecule has 0 spiro atoms. The Labute approximate surface area is 142 Å². The van der Waals surface area contributed by atoms with E-state index in [9.17, 15) is 4.39 Å². The van der Waals surface area contributed by atoms with Gasteiger partial charge in [-0.15, -0.1) is 0 Å². The van der Waals surface area contributed by atoms with Gasteiger partial charge in [0.1, 0.15) is 11.3 Å². The van der Waals surface area contributed by atoms with E-state index in [0.29, 0.717) is 5.56 Å². The van der Waals surface area contributed by atoms with Gasteiger partial charge in [0.15, 0.2) is 5.75 Å². The van der Waals surface area contributed by atoms with E-state index in [1.807, 2.05) is 38.1 Å². The molecule has 0 amide bonds. The van der Waals surface area contributed by atoms with Gasteiger partial charge in [-0.05, 0) is 60.2 Å². The summed E-state index contributed by atoms with van der Waals surface area (Å²) in [6.07, 6.45) is 1.79. The molecule has 22 heavy (non-hydrogen) atoms. The smallest absolute Gasteiger partial charge is 0.159 e. The van der Waals surface area contributed by atoms with Gasteiger partial charge in [-0.25, -0.2) is 4.39 Å². The van der Waals surface area contributed by atoms with Gasteiger partial charge in [0.05, 0.1) is 9.67 Å². The predicted molar refractivity (Wildman–Crippen MR) is 95.6 cm³/mol. The zero-order chi connectivity index (χ0) is 15.7. The second-order valence-corrected chi connectivity index (χ2v) is 6.44.